The van der Waals surface area contributed by atoms with Crippen molar-refractivity contribution in [3.63, 3.8) is 0 Å². The van der Waals surface area contributed by atoms with E-state index in [2.05, 4.69) is 0 Å². The summed E-state index contributed by atoms with van der Waals surface area (Å²) in [7, 11) is 1.56. The largest absolute Gasteiger partial charge is 0.508 e. The first kappa shape index (κ1) is 28.4. The monoisotopic (exact) mass is 543 g/mol. The average Bonchev–Trinajstić information content (AvgIpc) is 3.20. The lowest BCUT2D eigenvalue weighted by Crippen LogP contribution is -2.29. The summed E-state index contributed by atoms with van der Waals surface area (Å²) in [6.07, 6.45) is 0.656. The van der Waals surface area contributed by atoms with Crippen molar-refractivity contribution in [2.45, 2.75) is 45.6 Å². The van der Waals surface area contributed by atoms with Crippen LogP contribution in [0.1, 0.15) is 67.2 Å². The van der Waals surface area contributed by atoms with E-state index in [0.29, 0.717) is 23.3 Å². The number of benzene rings is 3. The summed E-state index contributed by atoms with van der Waals surface area (Å²) in [5, 5.41) is 21.5. The number of methoxy groups -OCH3 is 1. The highest BCUT2D eigenvalue weighted by Gasteiger charge is 2.47. The molecule has 0 radical (unpaired) electrons. The van der Waals surface area contributed by atoms with E-state index in [9.17, 15) is 24.6 Å². The molecule has 4 rings (SSSR count). The maximum Gasteiger partial charge on any atom is 0.338 e. The topological polar surface area (TPSA) is 113 Å². The molecule has 40 heavy (non-hydrogen) atoms. The van der Waals surface area contributed by atoms with Gasteiger partial charge in [0.25, 0.3) is 11.7 Å². The molecule has 1 unspecified atom stereocenters. The summed E-state index contributed by atoms with van der Waals surface area (Å²) < 4.78 is 10.8. The minimum atomic E-state index is -1.03. The number of nitrogens with zero attached hydrogens (tertiary/aromatic N) is 1. The predicted octanol–water partition coefficient (Wildman–Crippen LogP) is 5.89. The van der Waals surface area contributed by atoms with Crippen LogP contribution in [-0.2, 0) is 19.7 Å². The van der Waals surface area contributed by atoms with Gasteiger partial charge in [-0.15, -0.1) is 0 Å². The highest BCUT2D eigenvalue weighted by Crippen LogP contribution is 2.43. The lowest BCUT2D eigenvalue weighted by atomic mass is 9.84. The van der Waals surface area contributed by atoms with Crippen molar-refractivity contribution in [1.82, 2.24) is 0 Å². The second-order valence-corrected chi connectivity index (χ2v) is 10.6. The van der Waals surface area contributed by atoms with Crippen molar-refractivity contribution in [3.8, 4) is 11.5 Å². The zero-order valence-electron chi connectivity index (χ0n) is 23.2. The molecule has 0 spiro atoms. The van der Waals surface area contributed by atoms with E-state index >= 15 is 0 Å². The SMILES string of the molecule is CCCOC(=O)c1cccc(N2C(=O)C(=O)/C(=C(\O)c3ccc(OC)c(C(C)(C)C)c3)C2c2ccc(O)cc2)c1. The van der Waals surface area contributed by atoms with Crippen LogP contribution >= 0.6 is 0 Å². The number of rotatable bonds is 7. The smallest absolute Gasteiger partial charge is 0.338 e. The van der Waals surface area contributed by atoms with Gasteiger partial charge in [-0.1, -0.05) is 45.9 Å². The van der Waals surface area contributed by atoms with Gasteiger partial charge in [0.1, 0.15) is 17.3 Å². The van der Waals surface area contributed by atoms with Crippen LogP contribution in [0, 0.1) is 0 Å². The maximum atomic E-state index is 13.5. The number of aromatic hydroxyl groups is 1. The Labute approximate surface area is 233 Å². The Hall–Kier alpha value is -4.59. The minimum Gasteiger partial charge on any atom is -0.508 e. The zero-order chi connectivity index (χ0) is 29.2. The van der Waals surface area contributed by atoms with Gasteiger partial charge in [-0.2, -0.15) is 0 Å². The summed E-state index contributed by atoms with van der Waals surface area (Å²) in [5.74, 6) is -1.98. The Kier molecular flexibility index (Phi) is 8.00. The molecule has 8 nitrogen and oxygen atoms in total. The van der Waals surface area contributed by atoms with Crippen LogP contribution in [-0.4, -0.2) is 41.6 Å². The number of carbonyl (C=O) groups is 3. The van der Waals surface area contributed by atoms with Crippen LogP contribution in [0.5, 0.6) is 11.5 Å². The molecule has 2 N–H and O–H groups in total. The summed E-state index contributed by atoms with van der Waals surface area (Å²) >= 11 is 0. The number of amides is 1. The third-order valence-corrected chi connectivity index (χ3v) is 6.73. The third kappa shape index (κ3) is 5.43. The molecule has 208 valence electrons. The molecule has 0 saturated carbocycles. The fourth-order valence-corrected chi connectivity index (χ4v) is 4.73. The van der Waals surface area contributed by atoms with E-state index in [0.717, 1.165) is 5.56 Å². The Morgan fingerprint density at radius 2 is 1.68 bits per heavy atom. The molecule has 1 atom stereocenters. The number of hydrogen-bond acceptors (Lipinski definition) is 7. The number of esters is 1. The Balaban J connectivity index is 1.91. The highest BCUT2D eigenvalue weighted by atomic mass is 16.5. The molecule has 1 aliphatic rings. The predicted molar refractivity (Wildman–Crippen MR) is 152 cm³/mol. The van der Waals surface area contributed by atoms with E-state index < -0.39 is 23.7 Å². The maximum absolute atomic E-state index is 13.5. The summed E-state index contributed by atoms with van der Waals surface area (Å²) in [5.41, 5.74) is 1.72. The van der Waals surface area contributed by atoms with Gasteiger partial charge in [-0.05, 0) is 65.9 Å². The van der Waals surface area contributed by atoms with Gasteiger partial charge >= 0.3 is 5.97 Å². The first-order valence-corrected chi connectivity index (χ1v) is 13.0. The van der Waals surface area contributed by atoms with Gasteiger partial charge in [-0.3, -0.25) is 14.5 Å². The van der Waals surface area contributed by atoms with E-state index in [4.69, 9.17) is 9.47 Å². The molecule has 1 heterocycles. The van der Waals surface area contributed by atoms with Crippen molar-refractivity contribution in [1.29, 1.82) is 0 Å². The van der Waals surface area contributed by atoms with Crippen molar-refractivity contribution in [3.05, 3.63) is 94.6 Å². The fraction of sp³-hybridized carbons (Fsp3) is 0.281. The third-order valence-electron chi connectivity index (χ3n) is 6.73. The average molecular weight is 544 g/mol. The molecule has 3 aromatic carbocycles. The van der Waals surface area contributed by atoms with Crippen LogP contribution in [0.4, 0.5) is 5.69 Å². The first-order valence-electron chi connectivity index (χ1n) is 13.0. The minimum absolute atomic E-state index is 0.00587. The molecule has 1 saturated heterocycles. The van der Waals surface area contributed by atoms with Gasteiger partial charge < -0.3 is 19.7 Å². The summed E-state index contributed by atoms with van der Waals surface area (Å²) in [6, 6.07) is 16.4. The van der Waals surface area contributed by atoms with Gasteiger partial charge in [0.05, 0.1) is 30.9 Å². The van der Waals surface area contributed by atoms with Crippen molar-refractivity contribution < 1.29 is 34.1 Å². The number of ether oxygens (including phenoxy) is 2. The quantitative estimate of drug-likeness (QED) is 0.165. The van der Waals surface area contributed by atoms with Crippen LogP contribution in [0.2, 0.25) is 0 Å². The number of Topliss-reactive ketones (excluding diaryl/α,β-unsaturated/α-hetero) is 1. The van der Waals surface area contributed by atoms with Crippen LogP contribution in [0.25, 0.3) is 5.76 Å². The van der Waals surface area contributed by atoms with Gasteiger partial charge in [0.2, 0.25) is 0 Å². The van der Waals surface area contributed by atoms with Gasteiger partial charge in [-0.25, -0.2) is 4.79 Å². The number of hydrogen-bond donors (Lipinski definition) is 2. The second kappa shape index (κ2) is 11.3. The number of aliphatic hydroxyl groups is 1. The molecule has 8 heteroatoms. The molecule has 1 aliphatic heterocycles. The lowest BCUT2D eigenvalue weighted by Gasteiger charge is -2.26. The van der Waals surface area contributed by atoms with Crippen molar-refractivity contribution in [2.24, 2.45) is 0 Å². The van der Waals surface area contributed by atoms with E-state index in [1.54, 1.807) is 55.6 Å². The highest BCUT2D eigenvalue weighted by molar-refractivity contribution is 6.51. The standard InChI is InChI=1S/C32H33NO7/c1-6-16-40-31(38)21-8-7-9-22(17-21)33-27(19-10-13-23(34)14-11-19)26(29(36)30(33)37)28(35)20-12-15-25(39-5)24(18-20)32(2,3)4/h7-15,17-18,27,34-35H,6,16H2,1-5H3/b28-26-. The molecule has 1 amide bonds. The Bertz CT molecular complexity index is 1480. The van der Waals surface area contributed by atoms with Gasteiger partial charge in [0.15, 0.2) is 0 Å². The number of carbonyl (C=O) groups excluding carboxylic acids is 3. The second-order valence-electron chi connectivity index (χ2n) is 10.6. The molecular formula is C32H33NO7. The van der Waals surface area contributed by atoms with Crippen LogP contribution in [0.15, 0.2) is 72.3 Å². The molecule has 0 aliphatic carbocycles. The van der Waals surface area contributed by atoms with Crippen molar-refractivity contribution in [2.75, 3.05) is 18.6 Å². The fourth-order valence-electron chi connectivity index (χ4n) is 4.73. The Morgan fingerprint density at radius 1 is 0.975 bits per heavy atom. The number of phenols is 1. The van der Waals surface area contributed by atoms with E-state index in [1.165, 1.54) is 23.1 Å². The summed E-state index contributed by atoms with van der Waals surface area (Å²) in [6.45, 7) is 8.14. The van der Waals surface area contributed by atoms with Crippen LogP contribution in [0.3, 0.4) is 0 Å². The van der Waals surface area contributed by atoms with E-state index in [1.807, 2.05) is 27.7 Å². The summed E-state index contributed by atoms with van der Waals surface area (Å²) in [4.78, 5) is 40.9. The van der Waals surface area contributed by atoms with E-state index in [-0.39, 0.29) is 40.4 Å². The molecule has 3 aromatic rings. The van der Waals surface area contributed by atoms with Crippen LogP contribution < -0.4 is 9.64 Å². The normalized spacial score (nSPS) is 16.7. The molecule has 0 aromatic heterocycles. The molecular weight excluding hydrogens is 510 g/mol. The number of aliphatic hydroxyl groups excluding tert-OH is 1. The molecule has 1 fully saturated rings. The first-order chi connectivity index (χ1) is 19.0. The number of anilines is 1. The van der Waals surface area contributed by atoms with Gasteiger partial charge in [0, 0.05) is 16.8 Å². The van der Waals surface area contributed by atoms with Crippen molar-refractivity contribution >= 4 is 29.1 Å². The zero-order valence-corrected chi connectivity index (χ0v) is 23.2. The number of ketones is 1. The lowest BCUT2D eigenvalue weighted by molar-refractivity contribution is -0.132. The Morgan fingerprint density at radius 3 is 2.30 bits per heavy atom. The number of phenolic OH excluding ortho intramolecular Hbond substituents is 1. The molecule has 0 bridgehead atoms.